The molecule has 0 heterocycles. The quantitative estimate of drug-likeness (QED) is 0.343. The van der Waals surface area contributed by atoms with E-state index < -0.39 is 5.60 Å². The van der Waals surface area contributed by atoms with Gasteiger partial charge in [-0.3, -0.25) is 4.79 Å². The molecule has 2 N–H and O–H groups in total. The zero-order chi connectivity index (χ0) is 24.3. The minimum Gasteiger partial charge on any atom is -0.396 e. The molecule has 0 aromatic heterocycles. The van der Waals surface area contributed by atoms with E-state index in [2.05, 4.69) is 40.7 Å². The lowest BCUT2D eigenvalue weighted by Crippen LogP contribution is -2.70. The average Bonchev–Trinajstić information content (AvgIpc) is 3.05. The first kappa shape index (κ1) is 25.4. The number of rotatable bonds is 6. The number of hydrogen-bond donors (Lipinski definition) is 2. The highest BCUT2D eigenvalue weighted by Gasteiger charge is 2.72. The molecule has 9 atom stereocenters. The smallest absolute Gasteiger partial charge is 0.145 e. The number of aldehydes is 1. The van der Waals surface area contributed by atoms with Crippen molar-refractivity contribution in [2.24, 2.45) is 45.3 Å². The van der Waals surface area contributed by atoms with Gasteiger partial charge in [-0.2, -0.15) is 0 Å². The Balaban J connectivity index is 1.61. The molecule has 4 saturated carbocycles. The summed E-state index contributed by atoms with van der Waals surface area (Å²) >= 11 is 0. The number of aliphatic hydroxyl groups is 2. The molecule has 4 rings (SSSR count). The van der Waals surface area contributed by atoms with Gasteiger partial charge in [0.05, 0.1) is 5.60 Å². The second kappa shape index (κ2) is 8.47. The molecule has 0 amide bonds. The molecule has 3 nitrogen and oxygen atoms in total. The van der Waals surface area contributed by atoms with Crippen molar-refractivity contribution < 1.29 is 15.0 Å². The van der Waals surface area contributed by atoms with Crippen LogP contribution in [0.15, 0.2) is 11.6 Å². The fourth-order valence-corrected chi connectivity index (χ4v) is 10.3. The van der Waals surface area contributed by atoms with Crippen LogP contribution < -0.4 is 0 Å². The molecular formula is C30H50O3. The van der Waals surface area contributed by atoms with Gasteiger partial charge in [0, 0.05) is 12.0 Å². The lowest BCUT2D eigenvalue weighted by atomic mass is 9.36. The summed E-state index contributed by atoms with van der Waals surface area (Å²) in [6, 6.07) is 0. The highest BCUT2D eigenvalue weighted by atomic mass is 16.3. The van der Waals surface area contributed by atoms with Gasteiger partial charge in [0.2, 0.25) is 0 Å². The van der Waals surface area contributed by atoms with Crippen LogP contribution in [0.1, 0.15) is 112 Å². The van der Waals surface area contributed by atoms with E-state index in [1.165, 1.54) is 12.8 Å². The molecule has 188 valence electrons. The third-order valence-corrected chi connectivity index (χ3v) is 12.6. The zero-order valence-corrected chi connectivity index (χ0v) is 22.3. The Kier molecular flexibility index (Phi) is 6.53. The van der Waals surface area contributed by atoms with Gasteiger partial charge < -0.3 is 10.2 Å². The average molecular weight is 459 g/mol. The third kappa shape index (κ3) is 3.45. The molecule has 0 aromatic rings. The van der Waals surface area contributed by atoms with Crippen molar-refractivity contribution in [2.45, 2.75) is 118 Å². The Labute approximate surface area is 202 Å². The standard InChI is InChI=1S/C30H50O3/c1-21(19-31)9-7-10-22(2)23-13-16-28(5)25-12-11-24-26(3,20-32)14-8-15-29(24,6)30(25,33)18-17-27(23,28)4/h9,19,22-25,32-33H,7-8,10-18,20H2,1-6H3/t22-,23-,24?,25+,26?,27-,28+,29+,30-/m1/s1. The van der Waals surface area contributed by atoms with E-state index in [4.69, 9.17) is 0 Å². The van der Waals surface area contributed by atoms with Gasteiger partial charge in [0.1, 0.15) is 6.29 Å². The number of allylic oxidation sites excluding steroid dienone is 2. The van der Waals surface area contributed by atoms with E-state index in [0.717, 1.165) is 69.6 Å². The predicted molar refractivity (Wildman–Crippen MR) is 135 cm³/mol. The maximum absolute atomic E-state index is 12.6. The third-order valence-electron chi connectivity index (χ3n) is 12.6. The summed E-state index contributed by atoms with van der Waals surface area (Å²) in [4.78, 5) is 11.0. The molecule has 0 spiro atoms. The van der Waals surface area contributed by atoms with E-state index in [0.29, 0.717) is 23.7 Å². The topological polar surface area (TPSA) is 57.5 Å². The summed E-state index contributed by atoms with van der Waals surface area (Å²) in [5, 5.41) is 23.0. The molecule has 4 aliphatic carbocycles. The van der Waals surface area contributed by atoms with Crippen LogP contribution in [0.3, 0.4) is 0 Å². The van der Waals surface area contributed by atoms with Gasteiger partial charge >= 0.3 is 0 Å². The van der Waals surface area contributed by atoms with E-state index in [1.54, 1.807) is 0 Å². The summed E-state index contributed by atoms with van der Waals surface area (Å²) in [5.41, 5.74) is 0.550. The first-order valence-corrected chi connectivity index (χ1v) is 13.9. The summed E-state index contributed by atoms with van der Waals surface area (Å²) in [6.07, 6.45) is 15.3. The van der Waals surface area contributed by atoms with Gasteiger partial charge in [0.25, 0.3) is 0 Å². The number of fused-ring (bicyclic) bond motifs is 5. The molecule has 4 aliphatic rings. The van der Waals surface area contributed by atoms with E-state index in [-0.39, 0.29) is 28.3 Å². The monoisotopic (exact) mass is 458 g/mol. The highest BCUT2D eigenvalue weighted by Crippen LogP contribution is 2.75. The van der Waals surface area contributed by atoms with Gasteiger partial charge in [-0.1, -0.05) is 47.1 Å². The summed E-state index contributed by atoms with van der Waals surface area (Å²) in [5.74, 6) is 2.11. The van der Waals surface area contributed by atoms with Crippen LogP contribution in [0.5, 0.6) is 0 Å². The summed E-state index contributed by atoms with van der Waals surface area (Å²) in [6.45, 7) is 14.3. The summed E-state index contributed by atoms with van der Waals surface area (Å²) in [7, 11) is 0. The highest BCUT2D eigenvalue weighted by molar-refractivity contribution is 5.71. The van der Waals surface area contributed by atoms with Crippen LogP contribution in [0, 0.1) is 45.3 Å². The van der Waals surface area contributed by atoms with Crippen LogP contribution in [-0.2, 0) is 4.79 Å². The lowest BCUT2D eigenvalue weighted by molar-refractivity contribution is -0.278. The molecule has 0 bridgehead atoms. The maximum Gasteiger partial charge on any atom is 0.145 e. The number of hydrogen-bond acceptors (Lipinski definition) is 3. The van der Waals surface area contributed by atoms with Crippen molar-refractivity contribution >= 4 is 6.29 Å². The number of carbonyl (C=O) groups is 1. The molecule has 0 saturated heterocycles. The SMILES string of the molecule is CC(C=O)=CCC[C@@H](C)[C@H]1CC[C@@]2(C)[C@@H]3CCC4C(C)(CO)CCC[C@]4(C)[C@@]3(O)CC[C@]12C. The van der Waals surface area contributed by atoms with Crippen LogP contribution in [0.25, 0.3) is 0 Å². The van der Waals surface area contributed by atoms with Crippen molar-refractivity contribution in [2.75, 3.05) is 6.61 Å². The van der Waals surface area contributed by atoms with Gasteiger partial charge in [0.15, 0.2) is 0 Å². The molecule has 4 fully saturated rings. The molecule has 2 unspecified atom stereocenters. The van der Waals surface area contributed by atoms with Gasteiger partial charge in [-0.25, -0.2) is 0 Å². The van der Waals surface area contributed by atoms with Crippen molar-refractivity contribution in [1.29, 1.82) is 0 Å². The van der Waals surface area contributed by atoms with Gasteiger partial charge in [-0.05, 0) is 117 Å². The second-order valence-electron chi connectivity index (χ2n) is 13.8. The fourth-order valence-electron chi connectivity index (χ4n) is 10.3. The minimum atomic E-state index is -0.608. The summed E-state index contributed by atoms with van der Waals surface area (Å²) < 4.78 is 0. The molecule has 0 radical (unpaired) electrons. The Bertz CT molecular complexity index is 789. The van der Waals surface area contributed by atoms with E-state index in [9.17, 15) is 15.0 Å². The van der Waals surface area contributed by atoms with Crippen LogP contribution >= 0.6 is 0 Å². The zero-order valence-electron chi connectivity index (χ0n) is 22.3. The minimum absolute atomic E-state index is 0.0464. The molecule has 33 heavy (non-hydrogen) atoms. The Morgan fingerprint density at radius 3 is 2.30 bits per heavy atom. The fraction of sp³-hybridized carbons (Fsp3) is 0.900. The molecule has 0 aromatic carbocycles. The van der Waals surface area contributed by atoms with Gasteiger partial charge in [-0.15, -0.1) is 0 Å². The van der Waals surface area contributed by atoms with E-state index in [1.807, 2.05) is 6.92 Å². The maximum atomic E-state index is 12.6. The van der Waals surface area contributed by atoms with Crippen molar-refractivity contribution in [3.05, 3.63) is 11.6 Å². The Hall–Kier alpha value is -0.670. The number of aliphatic hydroxyl groups excluding tert-OH is 1. The molecule has 3 heteroatoms. The van der Waals surface area contributed by atoms with Crippen LogP contribution in [0.4, 0.5) is 0 Å². The van der Waals surface area contributed by atoms with Crippen molar-refractivity contribution in [1.82, 2.24) is 0 Å². The first-order valence-electron chi connectivity index (χ1n) is 13.9. The van der Waals surface area contributed by atoms with Crippen LogP contribution in [-0.4, -0.2) is 28.7 Å². The Morgan fingerprint density at radius 1 is 0.939 bits per heavy atom. The van der Waals surface area contributed by atoms with E-state index >= 15 is 0 Å². The largest absolute Gasteiger partial charge is 0.396 e. The normalized spacial score (nSPS) is 50.8. The molecular weight excluding hydrogens is 408 g/mol. The Morgan fingerprint density at radius 2 is 1.64 bits per heavy atom. The molecule has 0 aliphatic heterocycles. The first-order chi connectivity index (χ1) is 15.4. The second-order valence-corrected chi connectivity index (χ2v) is 13.8. The lowest BCUT2D eigenvalue weighted by Gasteiger charge is -2.70. The van der Waals surface area contributed by atoms with Crippen LogP contribution in [0.2, 0.25) is 0 Å². The number of carbonyl (C=O) groups excluding carboxylic acids is 1. The van der Waals surface area contributed by atoms with Crippen molar-refractivity contribution in [3.8, 4) is 0 Å². The predicted octanol–water partition coefficient (Wildman–Crippen LogP) is 6.71. The van der Waals surface area contributed by atoms with Crippen molar-refractivity contribution in [3.63, 3.8) is 0 Å².